The van der Waals surface area contributed by atoms with E-state index in [1.54, 1.807) is 8.47 Å². The van der Waals surface area contributed by atoms with Crippen molar-refractivity contribution in [1.82, 2.24) is 0 Å². The van der Waals surface area contributed by atoms with Gasteiger partial charge in [-0.2, -0.15) is 0 Å². The molecule has 0 aromatic carbocycles. The lowest BCUT2D eigenvalue weighted by atomic mass is 11.0. The lowest BCUT2D eigenvalue weighted by Crippen LogP contribution is -1.82. The van der Waals surface area contributed by atoms with Crippen LogP contribution in [0, 0.1) is 0 Å². The summed E-state index contributed by atoms with van der Waals surface area (Å²) in [5.74, 6) is 3.93. The van der Waals surface area contributed by atoms with Crippen LogP contribution in [0.3, 0.4) is 0 Å². The van der Waals surface area contributed by atoms with Crippen LogP contribution in [0.15, 0.2) is 8.47 Å². The van der Waals surface area contributed by atoms with Gasteiger partial charge in [-0.15, -0.1) is 47.0 Å². The fourth-order valence-electron chi connectivity index (χ4n) is 0.861. The first-order chi connectivity index (χ1) is 5.36. The van der Waals surface area contributed by atoms with Crippen LogP contribution in [0.25, 0.3) is 0 Å². The van der Waals surface area contributed by atoms with Gasteiger partial charge in [-0.05, 0) is 0 Å². The van der Waals surface area contributed by atoms with Gasteiger partial charge in [-0.1, -0.05) is 22.6 Å². The van der Waals surface area contributed by atoms with E-state index in [0.717, 1.165) is 3.26 Å². The zero-order valence-corrected chi connectivity index (χ0v) is 11.1. The summed E-state index contributed by atoms with van der Waals surface area (Å²) >= 11 is 10.7. The Morgan fingerprint density at radius 1 is 1.09 bits per heavy atom. The third-order valence-corrected chi connectivity index (χ3v) is 8.99. The lowest BCUT2D eigenvalue weighted by Gasteiger charge is -1.98. The van der Waals surface area contributed by atoms with Crippen LogP contribution in [0.4, 0.5) is 0 Å². The molecular weight excluding hydrogens is 327 g/mol. The van der Waals surface area contributed by atoms with E-state index in [-0.39, 0.29) is 0 Å². The maximum absolute atomic E-state index is 2.52. The smallest absolute Gasteiger partial charge is 0.0711 e. The maximum atomic E-state index is 2.52. The minimum Gasteiger partial charge on any atom is -0.117 e. The summed E-state index contributed by atoms with van der Waals surface area (Å²) in [5.41, 5.74) is 0. The maximum Gasteiger partial charge on any atom is 0.0711 e. The first-order valence-corrected chi connectivity index (χ1v) is 8.38. The summed E-state index contributed by atoms with van der Waals surface area (Å²) < 4.78 is 4.00. The molecule has 62 valence electrons. The van der Waals surface area contributed by atoms with E-state index in [1.165, 1.54) is 17.3 Å². The van der Waals surface area contributed by atoms with Crippen LogP contribution in [-0.2, 0) is 0 Å². The standard InChI is InChI=1S/C6H7IS4/c7-4-3-10-6(11-4)5-8-1-2-9-5/h4H,1-3H2. The Morgan fingerprint density at radius 3 is 2.36 bits per heavy atom. The molecule has 0 saturated carbocycles. The van der Waals surface area contributed by atoms with E-state index in [4.69, 9.17) is 0 Å². The van der Waals surface area contributed by atoms with Crippen LogP contribution in [-0.4, -0.2) is 20.5 Å². The average molecular weight is 334 g/mol. The molecule has 0 spiro atoms. The normalized spacial score (nSPS) is 31.9. The number of alkyl halides is 1. The molecule has 1 unspecified atom stereocenters. The molecule has 11 heavy (non-hydrogen) atoms. The van der Waals surface area contributed by atoms with E-state index in [0.29, 0.717) is 0 Å². The summed E-state index contributed by atoms with van der Waals surface area (Å²) in [5, 5.41) is 0. The Kier molecular flexibility index (Phi) is 3.76. The summed E-state index contributed by atoms with van der Waals surface area (Å²) in [6, 6.07) is 0. The molecule has 0 nitrogen and oxygen atoms in total. The summed E-state index contributed by atoms with van der Waals surface area (Å²) in [6.45, 7) is 0. The fraction of sp³-hybridized carbons (Fsp3) is 0.667. The Labute approximate surface area is 97.6 Å². The van der Waals surface area contributed by atoms with Crippen molar-refractivity contribution in [1.29, 1.82) is 0 Å². The lowest BCUT2D eigenvalue weighted by molar-refractivity contribution is 1.54. The molecule has 2 rings (SSSR count). The predicted octanol–water partition coefficient (Wildman–Crippen LogP) is 3.83. The second kappa shape index (κ2) is 4.39. The largest absolute Gasteiger partial charge is 0.117 e. The van der Waals surface area contributed by atoms with Crippen LogP contribution >= 0.6 is 69.6 Å². The third kappa shape index (κ3) is 2.42. The highest BCUT2D eigenvalue weighted by atomic mass is 127. The topological polar surface area (TPSA) is 0 Å². The predicted molar refractivity (Wildman–Crippen MR) is 69.8 cm³/mol. The van der Waals surface area contributed by atoms with Crippen LogP contribution in [0.1, 0.15) is 0 Å². The van der Waals surface area contributed by atoms with Crippen molar-refractivity contribution in [2.45, 2.75) is 3.26 Å². The van der Waals surface area contributed by atoms with Gasteiger partial charge < -0.3 is 0 Å². The van der Waals surface area contributed by atoms with E-state index in [1.807, 2.05) is 35.3 Å². The Morgan fingerprint density at radius 2 is 1.82 bits per heavy atom. The molecule has 0 amide bonds. The molecule has 0 aromatic rings. The minimum absolute atomic E-state index is 0.807. The molecule has 5 heteroatoms. The molecule has 1 atom stereocenters. The number of thioether (sulfide) groups is 4. The Balaban J connectivity index is 2.07. The monoisotopic (exact) mass is 334 g/mol. The highest BCUT2D eigenvalue weighted by Crippen LogP contribution is 2.52. The number of hydrogen-bond donors (Lipinski definition) is 0. The van der Waals surface area contributed by atoms with E-state index < -0.39 is 0 Å². The van der Waals surface area contributed by atoms with Crippen molar-refractivity contribution in [3.05, 3.63) is 8.47 Å². The van der Waals surface area contributed by atoms with E-state index >= 15 is 0 Å². The van der Waals surface area contributed by atoms with Gasteiger partial charge in [0.2, 0.25) is 0 Å². The second-order valence-electron chi connectivity index (χ2n) is 2.11. The Hall–Kier alpha value is 1.87. The molecule has 0 bridgehead atoms. The molecule has 0 radical (unpaired) electrons. The summed E-state index contributed by atoms with van der Waals surface area (Å²) in [6.07, 6.45) is 0. The molecule has 0 aliphatic carbocycles. The average Bonchev–Trinajstić information content (AvgIpc) is 2.55. The quantitative estimate of drug-likeness (QED) is 0.487. The van der Waals surface area contributed by atoms with Gasteiger partial charge in [0.05, 0.1) is 11.7 Å². The van der Waals surface area contributed by atoms with Gasteiger partial charge in [0.25, 0.3) is 0 Å². The zero-order valence-electron chi connectivity index (χ0n) is 5.71. The Bertz CT molecular complexity index is 183. The first kappa shape index (κ1) is 9.43. The molecule has 2 fully saturated rings. The van der Waals surface area contributed by atoms with Crippen molar-refractivity contribution in [2.75, 3.05) is 17.3 Å². The highest BCUT2D eigenvalue weighted by molar-refractivity contribution is 14.1. The first-order valence-electron chi connectivity index (χ1n) is 3.29. The number of rotatable bonds is 0. The summed E-state index contributed by atoms with van der Waals surface area (Å²) in [4.78, 5) is 0. The van der Waals surface area contributed by atoms with Crippen molar-refractivity contribution < 1.29 is 0 Å². The minimum atomic E-state index is 0.807. The van der Waals surface area contributed by atoms with Crippen LogP contribution in [0.5, 0.6) is 0 Å². The van der Waals surface area contributed by atoms with Gasteiger partial charge in [0.15, 0.2) is 0 Å². The van der Waals surface area contributed by atoms with Gasteiger partial charge in [0.1, 0.15) is 0 Å². The van der Waals surface area contributed by atoms with E-state index in [9.17, 15) is 0 Å². The van der Waals surface area contributed by atoms with Crippen LogP contribution < -0.4 is 0 Å². The van der Waals surface area contributed by atoms with Gasteiger partial charge >= 0.3 is 0 Å². The van der Waals surface area contributed by atoms with Crippen LogP contribution in [0.2, 0.25) is 0 Å². The number of halogens is 1. The molecule has 0 N–H and O–H groups in total. The third-order valence-electron chi connectivity index (χ3n) is 1.30. The fourth-order valence-corrected chi connectivity index (χ4v) is 8.17. The molecule has 2 aliphatic rings. The molecule has 2 aliphatic heterocycles. The molecule has 2 saturated heterocycles. The number of hydrogen-bond acceptors (Lipinski definition) is 4. The van der Waals surface area contributed by atoms with Crippen molar-refractivity contribution in [3.8, 4) is 0 Å². The van der Waals surface area contributed by atoms with Crippen molar-refractivity contribution >= 4 is 69.6 Å². The van der Waals surface area contributed by atoms with Gasteiger partial charge in [-0.3, -0.25) is 0 Å². The van der Waals surface area contributed by atoms with Gasteiger partial charge in [0, 0.05) is 17.3 Å². The summed E-state index contributed by atoms with van der Waals surface area (Å²) in [7, 11) is 0. The van der Waals surface area contributed by atoms with Crippen molar-refractivity contribution in [3.63, 3.8) is 0 Å². The molecule has 2 heterocycles. The van der Waals surface area contributed by atoms with E-state index in [2.05, 4.69) is 34.4 Å². The second-order valence-corrected chi connectivity index (χ2v) is 9.43. The van der Waals surface area contributed by atoms with Crippen molar-refractivity contribution in [2.24, 2.45) is 0 Å². The SMILES string of the molecule is IC1CSC(=C2SCCS2)S1. The van der Waals surface area contributed by atoms with Gasteiger partial charge in [-0.25, -0.2) is 0 Å². The highest BCUT2D eigenvalue weighted by Gasteiger charge is 2.23. The molecular formula is C6H7IS4. The molecule has 0 aromatic heterocycles. The zero-order chi connectivity index (χ0) is 7.68.